The third-order valence-corrected chi connectivity index (χ3v) is 4.12. The molecule has 0 aliphatic carbocycles. The lowest BCUT2D eigenvalue weighted by molar-refractivity contribution is 0.182. The summed E-state index contributed by atoms with van der Waals surface area (Å²) in [7, 11) is 1.59. The molecule has 6 nitrogen and oxygen atoms in total. The number of methoxy groups -OCH3 is 1. The fraction of sp³-hybridized carbons (Fsp3) is 0.714. The first-order valence-corrected chi connectivity index (χ1v) is 7.79. The summed E-state index contributed by atoms with van der Waals surface area (Å²) in [6.07, 6.45) is 5.18. The van der Waals surface area contributed by atoms with Crippen LogP contribution in [-0.2, 0) is 11.3 Å². The standard InChI is InChI=1S/C14H23ClN4O2/c1-21-8-7-19-14(20)13(15)12(10-18-19)17-6-4-11-3-2-5-16-9-11/h10-11,16-17H,2-9H2,1H3. The van der Waals surface area contributed by atoms with E-state index in [0.717, 1.165) is 26.1 Å². The van der Waals surface area contributed by atoms with Crippen LogP contribution in [0, 0.1) is 5.92 Å². The van der Waals surface area contributed by atoms with Gasteiger partial charge in [-0.15, -0.1) is 0 Å². The maximum Gasteiger partial charge on any atom is 0.287 e. The average molecular weight is 315 g/mol. The van der Waals surface area contributed by atoms with E-state index in [1.165, 1.54) is 17.5 Å². The molecule has 0 bridgehead atoms. The molecule has 21 heavy (non-hydrogen) atoms. The summed E-state index contributed by atoms with van der Waals surface area (Å²) in [4.78, 5) is 12.0. The van der Waals surface area contributed by atoms with Crippen molar-refractivity contribution >= 4 is 17.3 Å². The number of hydrogen-bond donors (Lipinski definition) is 2. The second kappa shape index (κ2) is 8.36. The average Bonchev–Trinajstić information content (AvgIpc) is 2.52. The minimum Gasteiger partial charge on any atom is -0.383 e. The topological polar surface area (TPSA) is 68.2 Å². The maximum absolute atomic E-state index is 12.0. The Labute approximate surface area is 129 Å². The van der Waals surface area contributed by atoms with Gasteiger partial charge in [-0.2, -0.15) is 5.10 Å². The van der Waals surface area contributed by atoms with Crippen LogP contribution in [0.1, 0.15) is 19.3 Å². The van der Waals surface area contributed by atoms with Crippen LogP contribution < -0.4 is 16.2 Å². The van der Waals surface area contributed by atoms with Crippen molar-refractivity contribution in [3.63, 3.8) is 0 Å². The predicted molar refractivity (Wildman–Crippen MR) is 84.1 cm³/mol. The summed E-state index contributed by atoms with van der Waals surface area (Å²) in [5.74, 6) is 0.694. The van der Waals surface area contributed by atoms with Crippen molar-refractivity contribution in [3.05, 3.63) is 21.6 Å². The highest BCUT2D eigenvalue weighted by Gasteiger charge is 2.13. The Kier molecular flexibility index (Phi) is 6.48. The van der Waals surface area contributed by atoms with Gasteiger partial charge >= 0.3 is 0 Å². The Hall–Kier alpha value is -1.11. The zero-order chi connectivity index (χ0) is 15.1. The lowest BCUT2D eigenvalue weighted by Crippen LogP contribution is -2.31. The largest absolute Gasteiger partial charge is 0.383 e. The molecule has 1 saturated heterocycles. The number of nitrogens with one attached hydrogen (secondary N) is 2. The number of aromatic nitrogens is 2. The van der Waals surface area contributed by atoms with Gasteiger partial charge in [0.15, 0.2) is 0 Å². The normalized spacial score (nSPS) is 18.7. The van der Waals surface area contributed by atoms with Crippen LogP contribution in [0.25, 0.3) is 0 Å². The van der Waals surface area contributed by atoms with Gasteiger partial charge in [0, 0.05) is 13.7 Å². The van der Waals surface area contributed by atoms with Gasteiger partial charge < -0.3 is 15.4 Å². The lowest BCUT2D eigenvalue weighted by Gasteiger charge is -2.22. The van der Waals surface area contributed by atoms with Gasteiger partial charge in [-0.05, 0) is 38.3 Å². The number of piperidine rings is 1. The molecule has 1 fully saturated rings. The van der Waals surface area contributed by atoms with E-state index in [1.54, 1.807) is 13.3 Å². The van der Waals surface area contributed by atoms with Crippen LogP contribution in [0.3, 0.4) is 0 Å². The fourth-order valence-electron chi connectivity index (χ4n) is 2.51. The smallest absolute Gasteiger partial charge is 0.287 e. The molecule has 7 heteroatoms. The van der Waals surface area contributed by atoms with Gasteiger partial charge in [0.25, 0.3) is 5.56 Å². The minimum atomic E-state index is -0.280. The molecular weight excluding hydrogens is 292 g/mol. The lowest BCUT2D eigenvalue weighted by atomic mass is 9.96. The highest BCUT2D eigenvalue weighted by Crippen LogP contribution is 2.17. The molecule has 0 radical (unpaired) electrons. The summed E-state index contributed by atoms with van der Waals surface area (Å²) < 4.78 is 6.26. The predicted octanol–water partition coefficient (Wildman–Crippen LogP) is 1.34. The number of ether oxygens (including phenoxy) is 1. The summed E-state index contributed by atoms with van der Waals surface area (Å²) in [6, 6.07) is 0. The number of hydrogen-bond acceptors (Lipinski definition) is 5. The first-order valence-electron chi connectivity index (χ1n) is 7.41. The van der Waals surface area contributed by atoms with Gasteiger partial charge in [-0.3, -0.25) is 4.79 Å². The van der Waals surface area contributed by atoms with Gasteiger partial charge in [-0.1, -0.05) is 11.6 Å². The molecule has 1 aliphatic rings. The van der Waals surface area contributed by atoms with Gasteiger partial charge in [-0.25, -0.2) is 4.68 Å². The van der Waals surface area contributed by atoms with E-state index in [2.05, 4.69) is 15.7 Å². The third kappa shape index (κ3) is 4.69. The maximum atomic E-state index is 12.0. The van der Waals surface area contributed by atoms with E-state index in [9.17, 15) is 4.79 Å². The van der Waals surface area contributed by atoms with E-state index in [1.807, 2.05) is 0 Å². The Morgan fingerprint density at radius 3 is 3.19 bits per heavy atom. The molecule has 1 atom stereocenters. The highest BCUT2D eigenvalue weighted by molar-refractivity contribution is 6.32. The minimum absolute atomic E-state index is 0.197. The number of halogens is 1. The molecule has 1 aromatic heterocycles. The van der Waals surface area contributed by atoms with Gasteiger partial charge in [0.1, 0.15) is 5.02 Å². The molecule has 0 aromatic carbocycles. The second-order valence-corrected chi connectivity index (χ2v) is 5.70. The molecule has 2 N–H and O–H groups in total. The van der Waals surface area contributed by atoms with E-state index in [4.69, 9.17) is 16.3 Å². The Morgan fingerprint density at radius 2 is 2.48 bits per heavy atom. The SMILES string of the molecule is COCCn1ncc(NCCC2CCCNC2)c(Cl)c1=O. The Morgan fingerprint density at radius 1 is 1.62 bits per heavy atom. The zero-order valence-electron chi connectivity index (χ0n) is 12.4. The van der Waals surface area contributed by atoms with Crippen molar-refractivity contribution in [2.45, 2.75) is 25.8 Å². The van der Waals surface area contributed by atoms with Gasteiger partial charge in [0.2, 0.25) is 0 Å². The van der Waals surface area contributed by atoms with Crippen LogP contribution in [0.5, 0.6) is 0 Å². The summed E-state index contributed by atoms with van der Waals surface area (Å²) in [6.45, 7) is 3.84. The van der Waals surface area contributed by atoms with Crippen LogP contribution in [0.2, 0.25) is 5.02 Å². The van der Waals surface area contributed by atoms with Crippen LogP contribution in [-0.4, -0.2) is 43.1 Å². The molecule has 1 aromatic rings. The highest BCUT2D eigenvalue weighted by atomic mass is 35.5. The quantitative estimate of drug-likeness (QED) is 0.795. The van der Waals surface area contributed by atoms with Crippen LogP contribution in [0.4, 0.5) is 5.69 Å². The first-order chi connectivity index (χ1) is 10.2. The van der Waals surface area contributed by atoms with E-state index in [0.29, 0.717) is 24.8 Å². The Balaban J connectivity index is 1.88. The summed E-state index contributed by atoms with van der Waals surface area (Å²) in [5.41, 5.74) is 0.331. The molecule has 118 valence electrons. The van der Waals surface area contributed by atoms with Gasteiger partial charge in [0.05, 0.1) is 25.0 Å². The molecule has 0 saturated carbocycles. The van der Waals surface area contributed by atoms with Crippen molar-refractivity contribution in [3.8, 4) is 0 Å². The molecule has 2 rings (SSSR count). The molecule has 1 unspecified atom stereocenters. The third-order valence-electron chi connectivity index (χ3n) is 3.76. The second-order valence-electron chi connectivity index (χ2n) is 5.32. The number of anilines is 1. The number of rotatable bonds is 7. The molecule has 0 spiro atoms. The summed E-state index contributed by atoms with van der Waals surface area (Å²) >= 11 is 6.11. The zero-order valence-corrected chi connectivity index (χ0v) is 13.2. The first kappa shape index (κ1) is 16.3. The molecule has 2 heterocycles. The van der Waals surface area contributed by atoms with Crippen LogP contribution in [0.15, 0.2) is 11.0 Å². The van der Waals surface area contributed by atoms with Crippen molar-refractivity contribution in [2.24, 2.45) is 5.92 Å². The monoisotopic (exact) mass is 314 g/mol. The van der Waals surface area contributed by atoms with E-state index < -0.39 is 0 Å². The molecule has 0 amide bonds. The van der Waals surface area contributed by atoms with Crippen molar-refractivity contribution in [1.29, 1.82) is 0 Å². The molecular formula is C14H23ClN4O2. The Bertz CT molecular complexity index is 500. The van der Waals surface area contributed by atoms with Crippen molar-refractivity contribution in [1.82, 2.24) is 15.1 Å². The molecule has 1 aliphatic heterocycles. The number of nitrogens with zero attached hydrogens (tertiary/aromatic N) is 2. The van der Waals surface area contributed by atoms with Crippen LogP contribution >= 0.6 is 11.6 Å². The van der Waals surface area contributed by atoms with E-state index >= 15 is 0 Å². The fourth-order valence-corrected chi connectivity index (χ4v) is 2.72. The van der Waals surface area contributed by atoms with Crippen molar-refractivity contribution in [2.75, 3.05) is 38.7 Å². The van der Waals surface area contributed by atoms with Crippen molar-refractivity contribution < 1.29 is 4.74 Å². The van der Waals surface area contributed by atoms with E-state index in [-0.39, 0.29) is 10.6 Å². The summed E-state index contributed by atoms with van der Waals surface area (Å²) in [5, 5.41) is 10.9.